The second-order valence-corrected chi connectivity index (χ2v) is 6.82. The van der Waals surface area contributed by atoms with Crippen molar-refractivity contribution in [3.8, 4) is 0 Å². The molecule has 0 heterocycles. The van der Waals surface area contributed by atoms with Gasteiger partial charge in [0, 0.05) is 12.1 Å². The summed E-state index contributed by atoms with van der Waals surface area (Å²) < 4.78 is 26.0. The fourth-order valence-corrected chi connectivity index (χ4v) is 2.69. The predicted octanol–water partition coefficient (Wildman–Crippen LogP) is 0.876. The SMILES string of the molecule is CCNS(=O)(=O)c1ccc(C(=O)NC(C)(CC)CO)cc1. The maximum Gasteiger partial charge on any atom is 0.251 e. The lowest BCUT2D eigenvalue weighted by atomic mass is 9.99. The standard InChI is InChI=1S/C14H22N2O4S/c1-4-14(3,10-17)16-13(18)11-6-8-12(9-7-11)21(19,20)15-5-2/h6-9,15,17H,4-5,10H2,1-3H3,(H,16,18). The Morgan fingerprint density at radius 2 is 1.81 bits per heavy atom. The third kappa shape index (κ3) is 4.52. The second kappa shape index (κ2) is 7.02. The van der Waals surface area contributed by atoms with Gasteiger partial charge in [-0.1, -0.05) is 13.8 Å². The monoisotopic (exact) mass is 314 g/mol. The van der Waals surface area contributed by atoms with Gasteiger partial charge in [0.05, 0.1) is 17.0 Å². The highest BCUT2D eigenvalue weighted by atomic mass is 32.2. The molecule has 0 bridgehead atoms. The molecule has 1 aromatic carbocycles. The van der Waals surface area contributed by atoms with Crippen LogP contribution in [0.15, 0.2) is 29.2 Å². The number of carbonyl (C=O) groups excluding carboxylic acids is 1. The molecule has 0 aliphatic carbocycles. The smallest absolute Gasteiger partial charge is 0.251 e. The average Bonchev–Trinajstić information content (AvgIpc) is 2.47. The summed E-state index contributed by atoms with van der Waals surface area (Å²) in [7, 11) is -3.52. The molecule has 0 saturated carbocycles. The minimum absolute atomic E-state index is 0.112. The van der Waals surface area contributed by atoms with Crippen LogP contribution in [0.4, 0.5) is 0 Å². The van der Waals surface area contributed by atoms with Crippen LogP contribution in [0.5, 0.6) is 0 Å². The minimum Gasteiger partial charge on any atom is -0.394 e. The Hall–Kier alpha value is -1.44. The Balaban J connectivity index is 2.90. The molecule has 1 atom stereocenters. The first-order chi connectivity index (χ1) is 9.78. The summed E-state index contributed by atoms with van der Waals surface area (Å²) in [6, 6.07) is 5.67. The average molecular weight is 314 g/mol. The van der Waals surface area contributed by atoms with Crippen molar-refractivity contribution >= 4 is 15.9 Å². The summed E-state index contributed by atoms with van der Waals surface area (Å²) in [5.41, 5.74) is -0.343. The van der Waals surface area contributed by atoms with E-state index in [0.717, 1.165) is 0 Å². The van der Waals surface area contributed by atoms with E-state index < -0.39 is 15.6 Å². The molecule has 21 heavy (non-hydrogen) atoms. The zero-order valence-electron chi connectivity index (χ0n) is 12.5. The van der Waals surface area contributed by atoms with Gasteiger partial charge in [-0.15, -0.1) is 0 Å². The second-order valence-electron chi connectivity index (χ2n) is 5.05. The Labute approximate surface area is 125 Å². The lowest BCUT2D eigenvalue weighted by Crippen LogP contribution is -2.48. The first kappa shape index (κ1) is 17.6. The fraction of sp³-hybridized carbons (Fsp3) is 0.500. The number of hydrogen-bond acceptors (Lipinski definition) is 4. The number of nitrogens with one attached hydrogen (secondary N) is 2. The molecule has 0 spiro atoms. The van der Waals surface area contributed by atoms with Gasteiger partial charge in [-0.3, -0.25) is 4.79 Å². The van der Waals surface area contributed by atoms with E-state index in [1.807, 2.05) is 6.92 Å². The van der Waals surface area contributed by atoms with Crippen molar-refractivity contribution in [2.75, 3.05) is 13.2 Å². The number of aliphatic hydroxyl groups is 1. The molecular formula is C14H22N2O4S. The molecule has 1 rings (SSSR count). The molecule has 3 N–H and O–H groups in total. The number of aliphatic hydroxyl groups excluding tert-OH is 1. The Kier molecular flexibility index (Phi) is 5.88. The summed E-state index contributed by atoms with van der Waals surface area (Å²) >= 11 is 0. The lowest BCUT2D eigenvalue weighted by molar-refractivity contribution is 0.0847. The van der Waals surface area contributed by atoms with E-state index in [0.29, 0.717) is 18.5 Å². The number of rotatable bonds is 7. The van der Waals surface area contributed by atoms with Crippen LogP contribution in [0, 0.1) is 0 Å². The van der Waals surface area contributed by atoms with Crippen LogP contribution in [-0.2, 0) is 10.0 Å². The van der Waals surface area contributed by atoms with Crippen molar-refractivity contribution in [1.29, 1.82) is 0 Å². The van der Waals surface area contributed by atoms with E-state index in [1.54, 1.807) is 13.8 Å². The largest absolute Gasteiger partial charge is 0.394 e. The molecule has 7 heteroatoms. The molecule has 1 amide bonds. The quantitative estimate of drug-likeness (QED) is 0.696. The van der Waals surface area contributed by atoms with Crippen molar-refractivity contribution in [2.24, 2.45) is 0 Å². The Bertz CT molecular complexity index is 577. The van der Waals surface area contributed by atoms with Crippen molar-refractivity contribution in [3.05, 3.63) is 29.8 Å². The molecule has 118 valence electrons. The third-order valence-corrected chi connectivity index (χ3v) is 4.87. The first-order valence-corrected chi connectivity index (χ1v) is 8.29. The van der Waals surface area contributed by atoms with E-state index in [-0.39, 0.29) is 17.4 Å². The van der Waals surface area contributed by atoms with Crippen molar-refractivity contribution in [2.45, 2.75) is 37.6 Å². The van der Waals surface area contributed by atoms with Gasteiger partial charge in [0.1, 0.15) is 0 Å². The summed E-state index contributed by atoms with van der Waals surface area (Å²) in [5.74, 6) is -0.346. The van der Waals surface area contributed by atoms with Gasteiger partial charge in [-0.2, -0.15) is 0 Å². The van der Waals surface area contributed by atoms with Crippen molar-refractivity contribution in [1.82, 2.24) is 10.0 Å². The summed E-state index contributed by atoms with van der Waals surface area (Å²) in [6.07, 6.45) is 0.585. The summed E-state index contributed by atoms with van der Waals surface area (Å²) in [4.78, 5) is 12.2. The zero-order valence-corrected chi connectivity index (χ0v) is 13.3. The van der Waals surface area contributed by atoms with Gasteiger partial charge in [0.15, 0.2) is 0 Å². The van der Waals surface area contributed by atoms with Gasteiger partial charge in [0.2, 0.25) is 10.0 Å². The first-order valence-electron chi connectivity index (χ1n) is 6.81. The number of amides is 1. The van der Waals surface area contributed by atoms with E-state index in [1.165, 1.54) is 24.3 Å². The Morgan fingerprint density at radius 1 is 1.24 bits per heavy atom. The molecule has 1 aromatic rings. The molecule has 1 unspecified atom stereocenters. The molecule has 0 radical (unpaired) electrons. The van der Waals surface area contributed by atoms with Gasteiger partial charge in [0.25, 0.3) is 5.91 Å². The van der Waals surface area contributed by atoms with Crippen LogP contribution in [0.25, 0.3) is 0 Å². The van der Waals surface area contributed by atoms with Crippen LogP contribution in [0.1, 0.15) is 37.6 Å². The lowest BCUT2D eigenvalue weighted by Gasteiger charge is -2.27. The molecule has 0 saturated heterocycles. The maximum absolute atomic E-state index is 12.1. The molecule has 0 aliphatic heterocycles. The molecule has 6 nitrogen and oxygen atoms in total. The third-order valence-electron chi connectivity index (χ3n) is 3.31. The highest BCUT2D eigenvalue weighted by Gasteiger charge is 2.24. The molecule has 0 fully saturated rings. The van der Waals surface area contributed by atoms with Crippen LogP contribution < -0.4 is 10.0 Å². The normalized spacial score (nSPS) is 14.5. The summed E-state index contributed by atoms with van der Waals surface area (Å²) in [6.45, 7) is 5.44. The van der Waals surface area contributed by atoms with Gasteiger partial charge in [-0.25, -0.2) is 13.1 Å². The van der Waals surface area contributed by atoms with Gasteiger partial charge in [-0.05, 0) is 37.6 Å². The molecular weight excluding hydrogens is 292 g/mol. The van der Waals surface area contributed by atoms with E-state index in [4.69, 9.17) is 0 Å². The summed E-state index contributed by atoms with van der Waals surface area (Å²) in [5, 5.41) is 12.0. The van der Waals surface area contributed by atoms with Crippen LogP contribution in [0.2, 0.25) is 0 Å². The molecule has 0 aromatic heterocycles. The zero-order chi connectivity index (χ0) is 16.1. The van der Waals surface area contributed by atoms with Crippen molar-refractivity contribution in [3.63, 3.8) is 0 Å². The molecule has 0 aliphatic rings. The highest BCUT2D eigenvalue weighted by Crippen LogP contribution is 2.13. The van der Waals surface area contributed by atoms with Crippen LogP contribution >= 0.6 is 0 Å². The van der Waals surface area contributed by atoms with Crippen molar-refractivity contribution < 1.29 is 18.3 Å². The van der Waals surface area contributed by atoms with E-state index >= 15 is 0 Å². The number of carbonyl (C=O) groups is 1. The number of hydrogen-bond donors (Lipinski definition) is 3. The highest BCUT2D eigenvalue weighted by molar-refractivity contribution is 7.89. The fourth-order valence-electron chi connectivity index (χ4n) is 1.64. The van der Waals surface area contributed by atoms with Crippen LogP contribution in [0.3, 0.4) is 0 Å². The van der Waals surface area contributed by atoms with Crippen LogP contribution in [-0.4, -0.2) is 38.1 Å². The van der Waals surface area contributed by atoms with E-state index in [2.05, 4.69) is 10.0 Å². The minimum atomic E-state index is -3.52. The maximum atomic E-state index is 12.1. The number of sulfonamides is 1. The van der Waals surface area contributed by atoms with E-state index in [9.17, 15) is 18.3 Å². The number of benzene rings is 1. The van der Waals surface area contributed by atoms with Gasteiger partial charge < -0.3 is 10.4 Å². The topological polar surface area (TPSA) is 95.5 Å². The van der Waals surface area contributed by atoms with Gasteiger partial charge >= 0.3 is 0 Å². The predicted molar refractivity (Wildman–Crippen MR) is 80.6 cm³/mol. The Morgan fingerprint density at radius 3 is 2.24 bits per heavy atom.